The molecule has 0 N–H and O–H groups in total. The molecule has 0 aliphatic heterocycles. The van der Waals surface area contributed by atoms with Crippen LogP contribution in [-0.2, 0) is 16.1 Å². The van der Waals surface area contributed by atoms with E-state index in [0.717, 1.165) is 14.5 Å². The van der Waals surface area contributed by atoms with Gasteiger partial charge < -0.3 is 4.74 Å². The number of carbonyl (C=O) groups is 1. The molecule has 0 atom stereocenters. The summed E-state index contributed by atoms with van der Waals surface area (Å²) >= 11 is 6.72. The van der Waals surface area contributed by atoms with Crippen molar-refractivity contribution < 1.29 is 9.53 Å². The standard InChI is InChI=1S/C11H10Br2O2/c1-7(2)11(14)15-6-8-3-9(12)5-10(13)4-8/h3-5H,1,6H2,2H3. The van der Waals surface area contributed by atoms with Gasteiger partial charge in [-0.05, 0) is 30.7 Å². The maximum Gasteiger partial charge on any atom is 0.333 e. The second kappa shape index (κ2) is 5.47. The zero-order chi connectivity index (χ0) is 11.4. The Morgan fingerprint density at radius 1 is 1.33 bits per heavy atom. The van der Waals surface area contributed by atoms with Crippen molar-refractivity contribution in [3.05, 3.63) is 44.9 Å². The average Bonchev–Trinajstić information content (AvgIpc) is 2.12. The number of carbonyl (C=O) groups excluding carboxylic acids is 1. The van der Waals surface area contributed by atoms with Crippen LogP contribution in [0.3, 0.4) is 0 Å². The van der Waals surface area contributed by atoms with E-state index in [2.05, 4.69) is 38.4 Å². The molecule has 0 aliphatic rings. The quantitative estimate of drug-likeness (QED) is 0.620. The van der Waals surface area contributed by atoms with Crippen LogP contribution in [0.2, 0.25) is 0 Å². The molecule has 0 fully saturated rings. The van der Waals surface area contributed by atoms with Gasteiger partial charge in [0, 0.05) is 14.5 Å². The summed E-state index contributed by atoms with van der Waals surface area (Å²) < 4.78 is 6.90. The third-order valence-corrected chi connectivity index (χ3v) is 2.56. The van der Waals surface area contributed by atoms with Gasteiger partial charge in [0.1, 0.15) is 6.61 Å². The van der Waals surface area contributed by atoms with E-state index in [0.29, 0.717) is 5.57 Å². The smallest absolute Gasteiger partial charge is 0.333 e. The highest BCUT2D eigenvalue weighted by atomic mass is 79.9. The molecule has 0 saturated heterocycles. The van der Waals surface area contributed by atoms with Gasteiger partial charge in [-0.3, -0.25) is 0 Å². The molecule has 2 nitrogen and oxygen atoms in total. The maximum atomic E-state index is 11.1. The van der Waals surface area contributed by atoms with Gasteiger partial charge in [-0.2, -0.15) is 0 Å². The Hall–Kier alpha value is -0.610. The SMILES string of the molecule is C=C(C)C(=O)OCc1cc(Br)cc(Br)c1. The summed E-state index contributed by atoms with van der Waals surface area (Å²) in [6.07, 6.45) is 0. The highest BCUT2D eigenvalue weighted by Gasteiger charge is 2.04. The van der Waals surface area contributed by atoms with Crippen LogP contribution < -0.4 is 0 Å². The molecule has 1 rings (SSSR count). The minimum absolute atomic E-state index is 0.254. The largest absolute Gasteiger partial charge is 0.457 e. The van der Waals surface area contributed by atoms with Gasteiger partial charge in [0.15, 0.2) is 0 Å². The predicted molar refractivity (Wildman–Crippen MR) is 66.5 cm³/mol. The van der Waals surface area contributed by atoms with E-state index >= 15 is 0 Å². The van der Waals surface area contributed by atoms with Crippen molar-refractivity contribution in [1.29, 1.82) is 0 Å². The molecule has 15 heavy (non-hydrogen) atoms. The maximum absolute atomic E-state index is 11.1. The lowest BCUT2D eigenvalue weighted by molar-refractivity contribution is -0.140. The van der Waals surface area contributed by atoms with E-state index in [1.807, 2.05) is 18.2 Å². The molecule has 0 amide bonds. The molecule has 0 spiro atoms. The van der Waals surface area contributed by atoms with Crippen LogP contribution in [0.5, 0.6) is 0 Å². The fourth-order valence-corrected chi connectivity index (χ4v) is 2.35. The Morgan fingerprint density at radius 2 is 1.87 bits per heavy atom. The summed E-state index contributed by atoms with van der Waals surface area (Å²) in [7, 11) is 0. The highest BCUT2D eigenvalue weighted by Crippen LogP contribution is 2.20. The molecule has 0 unspecified atom stereocenters. The second-order valence-electron chi connectivity index (χ2n) is 3.13. The van der Waals surface area contributed by atoms with Crippen molar-refractivity contribution in [1.82, 2.24) is 0 Å². The first-order valence-electron chi connectivity index (χ1n) is 4.26. The molecule has 4 heteroatoms. The van der Waals surface area contributed by atoms with Crippen molar-refractivity contribution in [2.24, 2.45) is 0 Å². The van der Waals surface area contributed by atoms with Gasteiger partial charge in [0.25, 0.3) is 0 Å². The van der Waals surface area contributed by atoms with E-state index < -0.39 is 0 Å². The van der Waals surface area contributed by atoms with E-state index in [-0.39, 0.29) is 12.6 Å². The molecule has 0 saturated carbocycles. The van der Waals surface area contributed by atoms with Gasteiger partial charge in [-0.1, -0.05) is 38.4 Å². The Kier molecular flexibility index (Phi) is 4.54. The zero-order valence-corrected chi connectivity index (χ0v) is 11.4. The third kappa shape index (κ3) is 4.18. The van der Waals surface area contributed by atoms with Crippen LogP contribution in [-0.4, -0.2) is 5.97 Å². The Bertz CT molecular complexity index is 379. The molecule has 0 aromatic heterocycles. The topological polar surface area (TPSA) is 26.3 Å². The van der Waals surface area contributed by atoms with E-state index in [9.17, 15) is 4.79 Å². The lowest BCUT2D eigenvalue weighted by atomic mass is 10.2. The number of rotatable bonds is 3. The highest BCUT2D eigenvalue weighted by molar-refractivity contribution is 9.11. The Morgan fingerprint density at radius 3 is 2.33 bits per heavy atom. The molecule has 1 aromatic rings. The molecular weight excluding hydrogens is 324 g/mol. The van der Waals surface area contributed by atoms with Crippen LogP contribution in [0.1, 0.15) is 12.5 Å². The van der Waals surface area contributed by atoms with Crippen LogP contribution in [0.25, 0.3) is 0 Å². The summed E-state index contributed by atoms with van der Waals surface area (Å²) in [5.74, 6) is -0.369. The number of hydrogen-bond acceptors (Lipinski definition) is 2. The minimum Gasteiger partial charge on any atom is -0.457 e. The number of benzene rings is 1. The first-order chi connectivity index (χ1) is 6.99. The minimum atomic E-state index is -0.369. The van der Waals surface area contributed by atoms with Gasteiger partial charge in [-0.25, -0.2) is 4.79 Å². The second-order valence-corrected chi connectivity index (χ2v) is 4.97. The van der Waals surface area contributed by atoms with Gasteiger partial charge in [0.2, 0.25) is 0 Å². The summed E-state index contributed by atoms with van der Waals surface area (Å²) in [4.78, 5) is 11.1. The van der Waals surface area contributed by atoms with Crippen molar-refractivity contribution in [2.75, 3.05) is 0 Å². The van der Waals surface area contributed by atoms with Crippen LogP contribution in [0, 0.1) is 0 Å². The summed E-state index contributed by atoms with van der Waals surface area (Å²) in [6.45, 7) is 5.39. The van der Waals surface area contributed by atoms with E-state index in [4.69, 9.17) is 4.74 Å². The normalized spacial score (nSPS) is 9.80. The van der Waals surface area contributed by atoms with Crippen molar-refractivity contribution in [3.8, 4) is 0 Å². The van der Waals surface area contributed by atoms with Gasteiger partial charge in [-0.15, -0.1) is 0 Å². The van der Waals surface area contributed by atoms with Crippen molar-refractivity contribution in [2.45, 2.75) is 13.5 Å². The molecule has 1 aromatic carbocycles. The number of esters is 1. The Balaban J connectivity index is 2.65. The molecular formula is C11H10Br2O2. The monoisotopic (exact) mass is 332 g/mol. The van der Waals surface area contributed by atoms with Crippen molar-refractivity contribution in [3.63, 3.8) is 0 Å². The van der Waals surface area contributed by atoms with Crippen LogP contribution >= 0.6 is 31.9 Å². The summed E-state index contributed by atoms with van der Waals surface area (Å²) in [5.41, 5.74) is 1.33. The molecule has 0 aliphatic carbocycles. The molecule has 0 heterocycles. The number of ether oxygens (including phenoxy) is 1. The number of hydrogen-bond donors (Lipinski definition) is 0. The first-order valence-corrected chi connectivity index (χ1v) is 5.85. The van der Waals surface area contributed by atoms with Crippen LogP contribution in [0.15, 0.2) is 39.3 Å². The fraction of sp³-hybridized carbons (Fsp3) is 0.182. The van der Waals surface area contributed by atoms with Gasteiger partial charge >= 0.3 is 5.97 Å². The molecule has 80 valence electrons. The first kappa shape index (κ1) is 12.5. The number of halogens is 2. The van der Waals surface area contributed by atoms with E-state index in [1.54, 1.807) is 6.92 Å². The third-order valence-electron chi connectivity index (χ3n) is 1.64. The lowest BCUT2D eigenvalue weighted by Crippen LogP contribution is -2.04. The summed E-state index contributed by atoms with van der Waals surface area (Å²) in [6, 6.07) is 5.72. The summed E-state index contributed by atoms with van der Waals surface area (Å²) in [5, 5.41) is 0. The Labute approximate surface area is 106 Å². The van der Waals surface area contributed by atoms with Crippen LogP contribution in [0.4, 0.5) is 0 Å². The predicted octanol–water partition coefficient (Wildman–Crippen LogP) is 3.83. The average molecular weight is 334 g/mol. The van der Waals surface area contributed by atoms with E-state index in [1.165, 1.54) is 0 Å². The molecule has 0 bridgehead atoms. The van der Waals surface area contributed by atoms with Crippen molar-refractivity contribution >= 4 is 37.8 Å². The molecule has 0 radical (unpaired) electrons. The fourth-order valence-electron chi connectivity index (χ4n) is 0.966. The van der Waals surface area contributed by atoms with Gasteiger partial charge in [0.05, 0.1) is 0 Å². The zero-order valence-electron chi connectivity index (χ0n) is 8.22. The lowest BCUT2D eigenvalue weighted by Gasteiger charge is -2.05.